The molecule has 2 aromatic carbocycles. The summed E-state index contributed by atoms with van der Waals surface area (Å²) in [6.07, 6.45) is 1.90. The van der Waals surface area contributed by atoms with Crippen LogP contribution in [0.15, 0.2) is 52.4 Å². The highest BCUT2D eigenvalue weighted by Gasteiger charge is 2.24. The number of nitrogens with one attached hydrogen (secondary N) is 1. The third-order valence-electron chi connectivity index (χ3n) is 5.01. The molecule has 0 saturated carbocycles. The van der Waals surface area contributed by atoms with E-state index in [1.165, 1.54) is 11.8 Å². The van der Waals surface area contributed by atoms with Gasteiger partial charge in [0.15, 0.2) is 5.17 Å². The fraction of sp³-hybridized carbons (Fsp3) is 0.167. The Hall–Kier alpha value is -2.47. The largest absolute Gasteiger partial charge is 0.318 e. The van der Waals surface area contributed by atoms with Crippen LogP contribution in [0.1, 0.15) is 28.1 Å². The number of halogens is 2. The van der Waals surface area contributed by atoms with Crippen LogP contribution < -0.4 is 5.32 Å². The molecule has 0 bridgehead atoms. The summed E-state index contributed by atoms with van der Waals surface area (Å²) in [7, 11) is 0. The molecule has 31 heavy (non-hydrogen) atoms. The van der Waals surface area contributed by atoms with Crippen molar-refractivity contribution in [3.63, 3.8) is 0 Å². The second kappa shape index (κ2) is 8.58. The van der Waals surface area contributed by atoms with Crippen LogP contribution in [0.3, 0.4) is 0 Å². The molecule has 2 heterocycles. The van der Waals surface area contributed by atoms with Crippen molar-refractivity contribution in [1.82, 2.24) is 9.88 Å². The fourth-order valence-corrected chi connectivity index (χ4v) is 4.83. The Kier molecular flexibility index (Phi) is 6.02. The second-order valence-electron chi connectivity index (χ2n) is 7.59. The number of benzene rings is 2. The molecule has 1 aliphatic heterocycles. The first-order chi connectivity index (χ1) is 14.7. The number of carbonyl (C=O) groups is 1. The van der Waals surface area contributed by atoms with E-state index < -0.39 is 0 Å². The molecule has 1 amide bonds. The van der Waals surface area contributed by atoms with E-state index in [0.29, 0.717) is 20.1 Å². The lowest BCUT2D eigenvalue weighted by Gasteiger charge is -2.10. The number of aromatic nitrogens is 1. The minimum absolute atomic E-state index is 0.146. The molecule has 1 fully saturated rings. The molecule has 3 aromatic rings. The topological polar surface area (TPSA) is 46.4 Å². The fourth-order valence-electron chi connectivity index (χ4n) is 3.71. The number of aryl methyl sites for hydroxylation is 3. The molecule has 0 unspecified atom stereocenters. The van der Waals surface area contributed by atoms with Gasteiger partial charge in [-0.25, -0.2) is 4.99 Å². The van der Waals surface area contributed by atoms with E-state index in [9.17, 15) is 4.79 Å². The first kappa shape index (κ1) is 21.8. The maximum Gasteiger partial charge on any atom is 0.264 e. The summed E-state index contributed by atoms with van der Waals surface area (Å²) >= 11 is 13.6. The second-order valence-corrected chi connectivity index (χ2v) is 9.43. The molecule has 1 aliphatic rings. The van der Waals surface area contributed by atoms with E-state index in [4.69, 9.17) is 23.2 Å². The molecule has 1 saturated heterocycles. The normalized spacial score (nSPS) is 16.4. The molecular weight excluding hydrogens is 449 g/mol. The minimum atomic E-state index is -0.146. The van der Waals surface area contributed by atoms with E-state index in [0.717, 1.165) is 39.5 Å². The van der Waals surface area contributed by atoms with Crippen LogP contribution in [0.5, 0.6) is 0 Å². The van der Waals surface area contributed by atoms with Crippen LogP contribution >= 0.6 is 35.0 Å². The van der Waals surface area contributed by atoms with Gasteiger partial charge in [0.25, 0.3) is 5.91 Å². The molecule has 0 aliphatic carbocycles. The average molecular weight is 470 g/mol. The number of aliphatic imine (C=N–C) groups is 1. The summed E-state index contributed by atoms with van der Waals surface area (Å²) in [5.74, 6) is -0.146. The van der Waals surface area contributed by atoms with Crippen molar-refractivity contribution in [1.29, 1.82) is 0 Å². The van der Waals surface area contributed by atoms with Crippen LogP contribution in [0, 0.1) is 27.7 Å². The van der Waals surface area contributed by atoms with Crippen molar-refractivity contribution in [2.45, 2.75) is 27.7 Å². The van der Waals surface area contributed by atoms with Crippen LogP contribution in [0.4, 0.5) is 5.69 Å². The van der Waals surface area contributed by atoms with Crippen molar-refractivity contribution in [3.8, 4) is 5.69 Å². The summed E-state index contributed by atoms with van der Waals surface area (Å²) in [4.78, 5) is 17.8. The van der Waals surface area contributed by atoms with Gasteiger partial charge in [-0.15, -0.1) is 0 Å². The Morgan fingerprint density at radius 3 is 2.35 bits per heavy atom. The van der Waals surface area contributed by atoms with E-state index in [2.05, 4.69) is 27.0 Å². The van der Waals surface area contributed by atoms with Crippen molar-refractivity contribution < 1.29 is 4.79 Å². The zero-order valence-corrected chi connectivity index (χ0v) is 19.9. The third kappa shape index (κ3) is 4.59. The number of thioether (sulfide) groups is 1. The molecule has 0 atom stereocenters. The quantitative estimate of drug-likeness (QED) is 0.423. The van der Waals surface area contributed by atoms with E-state index in [-0.39, 0.29) is 5.91 Å². The lowest BCUT2D eigenvalue weighted by molar-refractivity contribution is -0.115. The maximum absolute atomic E-state index is 12.5. The molecule has 7 heteroatoms. The Morgan fingerprint density at radius 2 is 1.68 bits per heavy atom. The van der Waals surface area contributed by atoms with Crippen molar-refractivity contribution in [2.24, 2.45) is 4.99 Å². The molecule has 4 nitrogen and oxygen atoms in total. The molecule has 158 valence electrons. The Morgan fingerprint density at radius 1 is 0.968 bits per heavy atom. The van der Waals surface area contributed by atoms with E-state index in [1.807, 2.05) is 58.0 Å². The summed E-state index contributed by atoms with van der Waals surface area (Å²) in [5, 5.41) is 4.47. The smallest absolute Gasteiger partial charge is 0.264 e. The molecule has 1 aromatic heterocycles. The van der Waals surface area contributed by atoms with Gasteiger partial charge in [-0.05, 0) is 98.6 Å². The predicted octanol–water partition coefficient (Wildman–Crippen LogP) is 6.91. The van der Waals surface area contributed by atoms with Crippen molar-refractivity contribution in [2.75, 3.05) is 0 Å². The SMILES string of the molecule is Cc1cc(C)cc(N=C2NC(=O)C(=Cc3cc(C)n(-c4ccc(Cl)c(Cl)c4)c3C)S2)c1. The number of amides is 1. The van der Waals surface area contributed by atoms with E-state index in [1.54, 1.807) is 6.07 Å². The van der Waals surface area contributed by atoms with Crippen LogP contribution in [-0.2, 0) is 4.79 Å². The lowest BCUT2D eigenvalue weighted by Crippen LogP contribution is -2.19. The van der Waals surface area contributed by atoms with Gasteiger partial charge in [0.2, 0.25) is 0 Å². The van der Waals surface area contributed by atoms with Gasteiger partial charge >= 0.3 is 0 Å². The molecule has 0 radical (unpaired) electrons. The van der Waals surface area contributed by atoms with Gasteiger partial charge < -0.3 is 9.88 Å². The monoisotopic (exact) mass is 469 g/mol. The number of amidine groups is 1. The predicted molar refractivity (Wildman–Crippen MR) is 132 cm³/mol. The van der Waals surface area contributed by atoms with Gasteiger partial charge in [-0.2, -0.15) is 0 Å². The summed E-state index contributed by atoms with van der Waals surface area (Å²) < 4.78 is 2.09. The average Bonchev–Trinajstić information content (AvgIpc) is 3.15. The zero-order valence-electron chi connectivity index (χ0n) is 17.6. The Labute approximate surface area is 196 Å². The van der Waals surface area contributed by atoms with Crippen molar-refractivity contribution >= 4 is 57.8 Å². The van der Waals surface area contributed by atoms with Crippen LogP contribution in [-0.4, -0.2) is 15.6 Å². The Balaban J connectivity index is 1.65. The number of rotatable bonds is 3. The van der Waals surface area contributed by atoms with Gasteiger partial charge in [0.05, 0.1) is 20.6 Å². The molecular formula is C24H21Cl2N3OS. The van der Waals surface area contributed by atoms with Gasteiger partial charge in [0.1, 0.15) is 0 Å². The minimum Gasteiger partial charge on any atom is -0.318 e. The highest BCUT2D eigenvalue weighted by molar-refractivity contribution is 8.18. The molecule has 1 N–H and O–H groups in total. The van der Waals surface area contributed by atoms with Gasteiger partial charge in [0, 0.05) is 17.1 Å². The first-order valence-electron chi connectivity index (χ1n) is 9.73. The van der Waals surface area contributed by atoms with Gasteiger partial charge in [-0.3, -0.25) is 4.79 Å². The summed E-state index contributed by atoms with van der Waals surface area (Å²) in [6, 6.07) is 13.7. The first-order valence-corrected chi connectivity index (χ1v) is 11.3. The number of carbonyl (C=O) groups excluding carboxylic acids is 1. The van der Waals surface area contributed by atoms with Gasteiger partial charge in [-0.1, -0.05) is 29.3 Å². The highest BCUT2D eigenvalue weighted by atomic mass is 35.5. The van der Waals surface area contributed by atoms with Crippen LogP contribution in [0.2, 0.25) is 10.0 Å². The van der Waals surface area contributed by atoms with Crippen LogP contribution in [0.25, 0.3) is 11.8 Å². The Bertz CT molecular complexity index is 1250. The zero-order chi connectivity index (χ0) is 22.3. The standard InChI is InChI=1S/C24H21Cl2N3OS/c1-13-7-14(2)9-18(8-13)27-24-28-23(30)22(31-24)11-17-10-15(3)29(16(17)4)19-5-6-20(25)21(26)12-19/h5-12H,1-4H3,(H,27,28,30). The van der Waals surface area contributed by atoms with E-state index >= 15 is 0 Å². The maximum atomic E-state index is 12.5. The molecule has 0 spiro atoms. The number of hydrogen-bond acceptors (Lipinski definition) is 3. The van der Waals surface area contributed by atoms with Crippen molar-refractivity contribution in [3.05, 3.63) is 85.5 Å². The summed E-state index contributed by atoms with van der Waals surface area (Å²) in [6.45, 7) is 8.11. The lowest BCUT2D eigenvalue weighted by atomic mass is 10.1. The molecule has 4 rings (SSSR count). The number of hydrogen-bond donors (Lipinski definition) is 1. The summed E-state index contributed by atoms with van der Waals surface area (Å²) in [5.41, 5.74) is 7.05. The number of nitrogens with zero attached hydrogens (tertiary/aromatic N) is 2. The third-order valence-corrected chi connectivity index (χ3v) is 6.66. The highest BCUT2D eigenvalue weighted by Crippen LogP contribution is 2.32.